The lowest BCUT2D eigenvalue weighted by Gasteiger charge is -2.39. The Hall–Kier alpha value is -2.57. The number of amides is 1. The number of anilines is 1. The molecule has 2 N–H and O–H groups in total. The van der Waals surface area contributed by atoms with Crippen molar-refractivity contribution in [3.63, 3.8) is 0 Å². The summed E-state index contributed by atoms with van der Waals surface area (Å²) in [6.45, 7) is 2.80. The second-order valence-corrected chi connectivity index (χ2v) is 7.03. The molecule has 0 spiro atoms. The van der Waals surface area contributed by atoms with Crippen molar-refractivity contribution in [1.29, 1.82) is 0 Å². The Balaban J connectivity index is 1.87. The van der Waals surface area contributed by atoms with Crippen LogP contribution in [0.5, 0.6) is 0 Å². The van der Waals surface area contributed by atoms with Crippen molar-refractivity contribution >= 4 is 11.9 Å². The van der Waals surface area contributed by atoms with Crippen molar-refractivity contribution in [2.45, 2.75) is 44.6 Å². The van der Waals surface area contributed by atoms with E-state index in [-0.39, 0.29) is 18.2 Å². The summed E-state index contributed by atoms with van der Waals surface area (Å²) in [4.78, 5) is 22.1. The minimum atomic E-state index is -2.94. The van der Waals surface area contributed by atoms with E-state index in [9.17, 15) is 13.6 Å². The quantitative estimate of drug-likeness (QED) is 0.914. The first kappa shape index (κ1) is 16.9. The highest BCUT2D eigenvalue weighted by atomic mass is 19.3. The van der Waals surface area contributed by atoms with Crippen LogP contribution < -0.4 is 10.6 Å². The van der Waals surface area contributed by atoms with E-state index in [0.29, 0.717) is 41.2 Å². The predicted molar refractivity (Wildman–Crippen MR) is 94.2 cm³/mol. The first-order valence-electron chi connectivity index (χ1n) is 8.83. The molecule has 2 aromatic rings. The second-order valence-electron chi connectivity index (χ2n) is 7.03. The van der Waals surface area contributed by atoms with E-state index in [1.807, 2.05) is 11.8 Å². The second kappa shape index (κ2) is 6.00. The van der Waals surface area contributed by atoms with E-state index in [1.165, 1.54) is 0 Å². The number of benzene rings is 1. The van der Waals surface area contributed by atoms with Gasteiger partial charge in [-0.2, -0.15) is 8.78 Å². The van der Waals surface area contributed by atoms with Gasteiger partial charge >= 0.3 is 0 Å². The van der Waals surface area contributed by atoms with Gasteiger partial charge in [-0.05, 0) is 38.3 Å². The molecule has 0 unspecified atom stereocenters. The Morgan fingerprint density at radius 3 is 2.58 bits per heavy atom. The molecule has 0 saturated carbocycles. The van der Waals surface area contributed by atoms with Gasteiger partial charge in [0.2, 0.25) is 11.9 Å². The van der Waals surface area contributed by atoms with E-state index >= 15 is 0 Å². The van der Waals surface area contributed by atoms with Gasteiger partial charge in [0.15, 0.2) is 0 Å². The number of aromatic nitrogens is 2. The van der Waals surface area contributed by atoms with E-state index in [2.05, 4.69) is 9.97 Å². The molecule has 1 aliphatic carbocycles. The van der Waals surface area contributed by atoms with Crippen molar-refractivity contribution in [2.75, 3.05) is 11.4 Å². The van der Waals surface area contributed by atoms with Gasteiger partial charge in [-0.25, -0.2) is 9.97 Å². The van der Waals surface area contributed by atoms with Crippen LogP contribution in [0.25, 0.3) is 11.3 Å². The molecule has 5 nitrogen and oxygen atoms in total. The number of halogens is 2. The van der Waals surface area contributed by atoms with Crippen LogP contribution >= 0.6 is 0 Å². The Morgan fingerprint density at radius 1 is 1.27 bits per heavy atom. The number of nitrogens with two attached hydrogens (primary N) is 1. The number of hydrogen-bond donors (Lipinski definition) is 1. The summed E-state index contributed by atoms with van der Waals surface area (Å²) < 4.78 is 29.1. The molecular weight excluding hydrogens is 338 g/mol. The summed E-state index contributed by atoms with van der Waals surface area (Å²) in [5, 5.41) is 0. The van der Waals surface area contributed by atoms with Crippen LogP contribution in [-0.4, -0.2) is 28.5 Å². The first-order valence-corrected chi connectivity index (χ1v) is 8.83. The summed E-state index contributed by atoms with van der Waals surface area (Å²) in [6, 6.07) is 6.85. The lowest BCUT2D eigenvalue weighted by atomic mass is 9.89. The summed E-state index contributed by atoms with van der Waals surface area (Å²) in [7, 11) is 0. The van der Waals surface area contributed by atoms with Crippen molar-refractivity contribution in [2.24, 2.45) is 5.73 Å². The minimum absolute atomic E-state index is 0.151. The van der Waals surface area contributed by atoms with Crippen LogP contribution in [0.1, 0.15) is 47.8 Å². The third-order valence-electron chi connectivity index (χ3n) is 5.28. The van der Waals surface area contributed by atoms with Crippen molar-refractivity contribution in [3.8, 4) is 11.3 Å². The maximum Gasteiger partial charge on any atom is 0.290 e. The molecule has 7 heteroatoms. The zero-order valence-electron chi connectivity index (χ0n) is 14.5. The van der Waals surface area contributed by atoms with Crippen LogP contribution in [0, 0.1) is 0 Å². The molecule has 0 bridgehead atoms. The van der Waals surface area contributed by atoms with Gasteiger partial charge in [-0.15, -0.1) is 0 Å². The molecule has 1 aromatic heterocycles. The third-order valence-corrected chi connectivity index (χ3v) is 5.28. The summed E-state index contributed by atoms with van der Waals surface area (Å²) in [5.41, 5.74) is 7.23. The molecule has 0 radical (unpaired) electrons. The fraction of sp³-hybridized carbons (Fsp3) is 0.421. The fourth-order valence-corrected chi connectivity index (χ4v) is 3.59. The smallest absolute Gasteiger partial charge is 0.290 e. The lowest BCUT2D eigenvalue weighted by Crippen LogP contribution is -2.47. The number of hydrogen-bond acceptors (Lipinski definition) is 4. The number of carbonyl (C=O) groups is 1. The van der Waals surface area contributed by atoms with E-state index < -0.39 is 11.8 Å². The first-order chi connectivity index (χ1) is 12.4. The number of alkyl halides is 2. The van der Waals surface area contributed by atoms with Crippen molar-refractivity contribution in [3.05, 3.63) is 41.1 Å². The van der Waals surface area contributed by atoms with Gasteiger partial charge in [0.25, 0.3) is 5.92 Å². The number of fused-ring (bicyclic) bond motifs is 1. The average Bonchev–Trinajstić information content (AvgIpc) is 2.60. The number of primary amides is 1. The zero-order valence-corrected chi connectivity index (χ0v) is 14.5. The van der Waals surface area contributed by atoms with E-state index in [4.69, 9.17) is 5.73 Å². The van der Waals surface area contributed by atoms with Crippen LogP contribution in [-0.2, 0) is 12.3 Å². The Morgan fingerprint density at radius 2 is 2.00 bits per heavy atom. The summed E-state index contributed by atoms with van der Waals surface area (Å²) >= 11 is 0. The molecule has 1 amide bonds. The third kappa shape index (κ3) is 2.71. The molecule has 1 aliphatic heterocycles. The van der Waals surface area contributed by atoms with E-state index in [1.54, 1.807) is 24.3 Å². The minimum Gasteiger partial charge on any atom is -0.366 e. The summed E-state index contributed by atoms with van der Waals surface area (Å²) in [5.74, 6) is -3.11. The fourth-order valence-electron chi connectivity index (χ4n) is 3.59. The molecule has 4 rings (SSSR count). The molecule has 26 heavy (non-hydrogen) atoms. The van der Waals surface area contributed by atoms with Crippen molar-refractivity contribution in [1.82, 2.24) is 9.97 Å². The molecular formula is C19H20F2N4O. The number of rotatable bonds is 3. The number of nitrogens with zero attached hydrogens (tertiary/aromatic N) is 3. The molecule has 136 valence electrons. The topological polar surface area (TPSA) is 72.1 Å². The molecule has 1 atom stereocenters. The van der Waals surface area contributed by atoms with Crippen LogP contribution in [0.15, 0.2) is 24.3 Å². The highest BCUT2D eigenvalue weighted by molar-refractivity contribution is 5.93. The Bertz CT molecular complexity index is 867. The van der Waals surface area contributed by atoms with Crippen LogP contribution in [0.4, 0.5) is 14.7 Å². The van der Waals surface area contributed by atoms with Gasteiger partial charge in [0.1, 0.15) is 5.69 Å². The summed E-state index contributed by atoms with van der Waals surface area (Å²) in [6.07, 6.45) is 1.73. The van der Waals surface area contributed by atoms with Gasteiger partial charge in [-0.3, -0.25) is 4.79 Å². The number of carbonyl (C=O) groups excluding carboxylic acids is 1. The van der Waals surface area contributed by atoms with Gasteiger partial charge < -0.3 is 10.6 Å². The highest BCUT2D eigenvalue weighted by Gasteiger charge is 2.41. The molecule has 1 saturated heterocycles. The Labute approximate surface area is 150 Å². The maximum absolute atomic E-state index is 14.6. The van der Waals surface area contributed by atoms with Gasteiger partial charge in [0, 0.05) is 35.7 Å². The molecule has 1 aromatic carbocycles. The van der Waals surface area contributed by atoms with Gasteiger partial charge in [-0.1, -0.05) is 12.1 Å². The molecule has 2 heterocycles. The average molecular weight is 358 g/mol. The predicted octanol–water partition coefficient (Wildman–Crippen LogP) is 3.27. The van der Waals surface area contributed by atoms with Crippen LogP contribution in [0.3, 0.4) is 0 Å². The molecule has 1 fully saturated rings. The maximum atomic E-state index is 14.6. The molecule has 2 aliphatic rings. The van der Waals surface area contributed by atoms with E-state index in [0.717, 1.165) is 13.0 Å². The SMILES string of the molecule is C[C@H]1CCN1c1nc(-c2ccc(C(N)=O)cc2)c2c(n1)C(F)(F)CCC2. The van der Waals surface area contributed by atoms with Crippen molar-refractivity contribution < 1.29 is 13.6 Å². The van der Waals surface area contributed by atoms with Crippen LogP contribution in [0.2, 0.25) is 0 Å². The zero-order chi connectivity index (χ0) is 18.5. The largest absolute Gasteiger partial charge is 0.366 e. The lowest BCUT2D eigenvalue weighted by molar-refractivity contribution is -0.0263. The Kier molecular flexibility index (Phi) is 3.89. The monoisotopic (exact) mass is 358 g/mol. The normalized spacial score (nSPS) is 21.0. The highest BCUT2D eigenvalue weighted by Crippen LogP contribution is 2.43. The standard InChI is InChI=1S/C19H20F2N4O/c1-11-8-10-25(11)18-23-15(12-4-6-13(7-5-12)17(22)26)14-3-2-9-19(20,21)16(14)24-18/h4-7,11H,2-3,8-10H2,1H3,(H2,22,26)/t11-/m0/s1. The van der Waals surface area contributed by atoms with Gasteiger partial charge in [0.05, 0.1) is 5.69 Å².